The summed E-state index contributed by atoms with van der Waals surface area (Å²) in [5.74, 6) is 0.806. The second-order valence-corrected chi connectivity index (χ2v) is 6.32. The molecule has 0 amide bonds. The molecule has 8 nitrogen and oxygen atoms in total. The number of fused-ring (bicyclic) bond motifs is 3. The van der Waals surface area contributed by atoms with E-state index in [0.717, 1.165) is 5.39 Å². The normalized spacial score (nSPS) is 11.4. The highest BCUT2D eigenvalue weighted by Gasteiger charge is 2.14. The summed E-state index contributed by atoms with van der Waals surface area (Å²) in [6.07, 6.45) is 0. The van der Waals surface area contributed by atoms with E-state index in [-0.39, 0.29) is 17.7 Å². The van der Waals surface area contributed by atoms with Gasteiger partial charge in [-0.25, -0.2) is 4.98 Å². The number of nitrogens with zero attached hydrogens (tertiary/aromatic N) is 5. The van der Waals surface area contributed by atoms with Gasteiger partial charge in [0.25, 0.3) is 5.56 Å². The molecule has 132 valence electrons. The van der Waals surface area contributed by atoms with Crippen LogP contribution in [0.3, 0.4) is 0 Å². The van der Waals surface area contributed by atoms with Gasteiger partial charge in [0.05, 0.1) is 5.02 Å². The first-order valence-corrected chi connectivity index (χ1v) is 8.50. The Kier molecular flexibility index (Phi) is 3.51. The van der Waals surface area contributed by atoms with Gasteiger partial charge in [-0.1, -0.05) is 35.9 Å². The molecule has 5 rings (SSSR count). The molecule has 0 aliphatic heterocycles. The zero-order valence-electron chi connectivity index (χ0n) is 13.8. The van der Waals surface area contributed by atoms with E-state index in [0.29, 0.717) is 33.3 Å². The molecule has 5 aromatic rings. The Bertz CT molecular complexity index is 1350. The van der Waals surface area contributed by atoms with Crippen molar-refractivity contribution in [1.29, 1.82) is 0 Å². The third kappa shape index (κ3) is 2.67. The van der Waals surface area contributed by atoms with Gasteiger partial charge < -0.3 is 9.40 Å². The van der Waals surface area contributed by atoms with Crippen molar-refractivity contribution < 1.29 is 4.42 Å². The number of para-hydroxylation sites is 1. The Morgan fingerprint density at radius 3 is 2.81 bits per heavy atom. The number of hydrogen-bond acceptors (Lipinski definition) is 6. The fourth-order valence-electron chi connectivity index (χ4n) is 2.92. The molecule has 0 saturated heterocycles. The SMILES string of the molecule is O=c1[nH]c(Cn2nnc(-c3ccccc3Cl)n2)nc2c1oc1ccccc12. The first-order valence-electron chi connectivity index (χ1n) is 8.12. The van der Waals surface area contributed by atoms with Crippen LogP contribution in [0, 0.1) is 0 Å². The zero-order valence-corrected chi connectivity index (χ0v) is 14.5. The lowest BCUT2D eigenvalue weighted by atomic mass is 10.2. The molecule has 27 heavy (non-hydrogen) atoms. The molecule has 0 atom stereocenters. The predicted molar refractivity (Wildman–Crippen MR) is 99.5 cm³/mol. The molecule has 1 N–H and O–H groups in total. The monoisotopic (exact) mass is 378 g/mol. The van der Waals surface area contributed by atoms with Crippen molar-refractivity contribution in [3.8, 4) is 11.4 Å². The Balaban J connectivity index is 1.55. The molecule has 0 fully saturated rings. The van der Waals surface area contributed by atoms with E-state index in [4.69, 9.17) is 16.0 Å². The van der Waals surface area contributed by atoms with E-state index in [1.54, 1.807) is 12.1 Å². The summed E-state index contributed by atoms with van der Waals surface area (Å²) >= 11 is 6.17. The number of H-pyrrole nitrogens is 1. The minimum absolute atomic E-state index is 0.155. The van der Waals surface area contributed by atoms with E-state index in [1.807, 2.05) is 36.4 Å². The highest BCUT2D eigenvalue weighted by molar-refractivity contribution is 6.33. The van der Waals surface area contributed by atoms with Gasteiger partial charge in [-0.2, -0.15) is 4.80 Å². The highest BCUT2D eigenvalue weighted by Crippen LogP contribution is 2.25. The fourth-order valence-corrected chi connectivity index (χ4v) is 3.14. The topological polar surface area (TPSA) is 102 Å². The largest absolute Gasteiger partial charge is 0.449 e. The quantitative estimate of drug-likeness (QED) is 0.517. The number of furan rings is 1. The zero-order chi connectivity index (χ0) is 18.4. The van der Waals surface area contributed by atoms with Crippen molar-refractivity contribution in [2.75, 3.05) is 0 Å². The van der Waals surface area contributed by atoms with Crippen LogP contribution in [0.1, 0.15) is 5.82 Å². The predicted octanol–water partition coefficient (Wildman–Crippen LogP) is 3.02. The van der Waals surface area contributed by atoms with Crippen molar-refractivity contribution in [1.82, 2.24) is 30.2 Å². The smallest absolute Gasteiger partial charge is 0.294 e. The summed E-state index contributed by atoms with van der Waals surface area (Å²) in [4.78, 5) is 20.9. The minimum Gasteiger partial charge on any atom is -0.449 e. The number of aromatic nitrogens is 6. The van der Waals surface area contributed by atoms with Gasteiger partial charge in [0.2, 0.25) is 11.4 Å². The van der Waals surface area contributed by atoms with Crippen molar-refractivity contribution in [2.24, 2.45) is 0 Å². The van der Waals surface area contributed by atoms with Gasteiger partial charge in [0, 0.05) is 10.9 Å². The van der Waals surface area contributed by atoms with Crippen molar-refractivity contribution >= 4 is 33.7 Å². The van der Waals surface area contributed by atoms with Crippen LogP contribution >= 0.6 is 11.6 Å². The Morgan fingerprint density at radius 1 is 1.11 bits per heavy atom. The van der Waals surface area contributed by atoms with Crippen LogP contribution in [0.4, 0.5) is 0 Å². The van der Waals surface area contributed by atoms with E-state index in [9.17, 15) is 4.79 Å². The maximum atomic E-state index is 12.4. The van der Waals surface area contributed by atoms with E-state index >= 15 is 0 Å². The van der Waals surface area contributed by atoms with Gasteiger partial charge in [-0.15, -0.1) is 10.2 Å². The van der Waals surface area contributed by atoms with Crippen LogP contribution in [0.25, 0.3) is 33.5 Å². The first kappa shape index (κ1) is 15.7. The molecule has 0 unspecified atom stereocenters. The van der Waals surface area contributed by atoms with Crippen molar-refractivity contribution in [3.63, 3.8) is 0 Å². The fraction of sp³-hybridized carbons (Fsp3) is 0.0556. The lowest BCUT2D eigenvalue weighted by Gasteiger charge is -1.99. The number of tetrazole rings is 1. The summed E-state index contributed by atoms with van der Waals surface area (Å²) in [6, 6.07) is 14.6. The lowest BCUT2D eigenvalue weighted by molar-refractivity contribution is 0.553. The minimum atomic E-state index is -0.349. The van der Waals surface area contributed by atoms with Crippen molar-refractivity contribution in [3.05, 3.63) is 69.7 Å². The van der Waals surface area contributed by atoms with Crippen LogP contribution in [-0.2, 0) is 6.54 Å². The maximum absolute atomic E-state index is 12.4. The van der Waals surface area contributed by atoms with Gasteiger partial charge >= 0.3 is 0 Å². The molecular weight excluding hydrogens is 368 g/mol. The van der Waals surface area contributed by atoms with Crippen LogP contribution < -0.4 is 5.56 Å². The van der Waals surface area contributed by atoms with E-state index in [2.05, 4.69) is 25.4 Å². The summed E-state index contributed by atoms with van der Waals surface area (Å²) in [5.41, 5.74) is 1.65. The van der Waals surface area contributed by atoms with E-state index in [1.165, 1.54) is 4.80 Å². The third-order valence-electron chi connectivity index (χ3n) is 4.14. The Hall–Kier alpha value is -3.52. The molecule has 0 saturated carbocycles. The number of hydrogen-bond donors (Lipinski definition) is 1. The second kappa shape index (κ2) is 6.03. The molecule has 3 aromatic heterocycles. The second-order valence-electron chi connectivity index (χ2n) is 5.91. The molecule has 0 radical (unpaired) electrons. The Labute approximate surface area is 156 Å². The molecule has 3 heterocycles. The third-order valence-corrected chi connectivity index (χ3v) is 4.47. The molecule has 0 spiro atoms. The summed E-state index contributed by atoms with van der Waals surface area (Å²) in [5, 5.41) is 13.7. The van der Waals surface area contributed by atoms with E-state index < -0.39 is 0 Å². The van der Waals surface area contributed by atoms with Gasteiger partial charge in [-0.05, 0) is 29.5 Å². The molecule has 0 bridgehead atoms. The van der Waals surface area contributed by atoms with Crippen LogP contribution in [0.15, 0.2) is 57.7 Å². The molecule has 0 aliphatic rings. The van der Waals surface area contributed by atoms with Crippen LogP contribution in [0.2, 0.25) is 5.02 Å². The maximum Gasteiger partial charge on any atom is 0.294 e. The molecule has 2 aromatic carbocycles. The summed E-state index contributed by atoms with van der Waals surface area (Å²) < 4.78 is 5.59. The number of benzene rings is 2. The van der Waals surface area contributed by atoms with Gasteiger partial charge in [0.15, 0.2) is 0 Å². The average molecular weight is 379 g/mol. The molecule has 9 heteroatoms. The number of halogens is 1. The number of rotatable bonds is 3. The molecular formula is C18H11ClN6O2. The summed E-state index contributed by atoms with van der Waals surface area (Å²) in [6.45, 7) is 0.155. The average Bonchev–Trinajstić information content (AvgIpc) is 3.27. The number of aromatic amines is 1. The lowest BCUT2D eigenvalue weighted by Crippen LogP contribution is -2.15. The van der Waals surface area contributed by atoms with Crippen molar-refractivity contribution in [2.45, 2.75) is 6.54 Å². The van der Waals surface area contributed by atoms with Crippen LogP contribution in [-0.4, -0.2) is 30.2 Å². The van der Waals surface area contributed by atoms with Gasteiger partial charge in [-0.3, -0.25) is 4.79 Å². The molecule has 0 aliphatic carbocycles. The van der Waals surface area contributed by atoms with Crippen LogP contribution in [0.5, 0.6) is 0 Å². The highest BCUT2D eigenvalue weighted by atomic mass is 35.5. The van der Waals surface area contributed by atoms with Gasteiger partial charge in [0.1, 0.15) is 23.5 Å². The standard InChI is InChI=1S/C18H11ClN6O2/c19-12-7-3-1-5-10(12)17-22-24-25(23-17)9-14-20-15-11-6-2-4-8-13(11)27-16(15)18(26)21-14/h1-8H,9H2,(H,20,21,26). The Morgan fingerprint density at radius 2 is 1.93 bits per heavy atom. The summed E-state index contributed by atoms with van der Waals surface area (Å²) in [7, 11) is 0. The number of nitrogens with one attached hydrogen (secondary N) is 1. The first-order chi connectivity index (χ1) is 13.2.